The molecule has 1 aromatic carbocycles. The fraction of sp³-hybridized carbons (Fsp3) is 0.538. The summed E-state index contributed by atoms with van der Waals surface area (Å²) in [6.45, 7) is 6.15. The van der Waals surface area contributed by atoms with Crippen molar-refractivity contribution in [2.24, 2.45) is 5.73 Å². The minimum absolute atomic E-state index is 0.0259. The molecule has 0 bridgehead atoms. The van der Waals surface area contributed by atoms with Gasteiger partial charge >= 0.3 is 0 Å². The van der Waals surface area contributed by atoms with Crippen molar-refractivity contribution in [2.45, 2.75) is 39.2 Å². The Hall–Kier alpha value is -1.22. The van der Waals surface area contributed by atoms with Crippen LogP contribution in [0, 0.1) is 0 Å². The summed E-state index contributed by atoms with van der Waals surface area (Å²) in [7, 11) is 1.56. The van der Waals surface area contributed by atoms with Crippen molar-refractivity contribution in [1.29, 1.82) is 0 Å². The third-order valence-corrected chi connectivity index (χ3v) is 2.60. The zero-order chi connectivity index (χ0) is 12.3. The van der Waals surface area contributed by atoms with Crippen LogP contribution in [0.25, 0.3) is 0 Å². The second-order valence-electron chi connectivity index (χ2n) is 4.57. The molecule has 0 aliphatic heterocycles. The normalized spacial score (nSPS) is 12.9. The fourth-order valence-electron chi connectivity index (χ4n) is 1.68. The van der Waals surface area contributed by atoms with Crippen LogP contribution in [0.5, 0.6) is 11.5 Å². The van der Waals surface area contributed by atoms with Crippen LogP contribution in [0.1, 0.15) is 37.8 Å². The number of phenols is 1. The molecule has 0 saturated carbocycles. The maximum atomic E-state index is 9.96. The minimum Gasteiger partial charge on any atom is -0.504 e. The van der Waals surface area contributed by atoms with E-state index >= 15 is 0 Å². The van der Waals surface area contributed by atoms with Gasteiger partial charge < -0.3 is 15.6 Å². The van der Waals surface area contributed by atoms with Crippen molar-refractivity contribution < 1.29 is 9.84 Å². The molecule has 0 aromatic heterocycles. The van der Waals surface area contributed by atoms with Crippen LogP contribution in [0.4, 0.5) is 0 Å². The summed E-state index contributed by atoms with van der Waals surface area (Å²) < 4.78 is 5.17. The zero-order valence-corrected chi connectivity index (χ0v) is 10.4. The van der Waals surface area contributed by atoms with E-state index in [1.165, 1.54) is 0 Å². The molecule has 16 heavy (non-hydrogen) atoms. The van der Waals surface area contributed by atoms with Crippen LogP contribution in [0.15, 0.2) is 12.1 Å². The zero-order valence-electron chi connectivity index (χ0n) is 10.4. The van der Waals surface area contributed by atoms with Crippen LogP contribution in [0.3, 0.4) is 0 Å². The van der Waals surface area contributed by atoms with Gasteiger partial charge in [-0.1, -0.05) is 19.9 Å². The number of benzene rings is 1. The molecule has 0 spiro atoms. The predicted molar refractivity (Wildman–Crippen MR) is 66.1 cm³/mol. The molecule has 3 heteroatoms. The average Bonchev–Trinajstić information content (AvgIpc) is 2.20. The highest BCUT2D eigenvalue weighted by Gasteiger charge is 2.13. The van der Waals surface area contributed by atoms with Crippen molar-refractivity contribution >= 4 is 0 Å². The summed E-state index contributed by atoms with van der Waals surface area (Å²) in [4.78, 5) is 0. The summed E-state index contributed by atoms with van der Waals surface area (Å²) in [5.41, 5.74) is 7.78. The van der Waals surface area contributed by atoms with E-state index in [0.29, 0.717) is 18.1 Å². The Balaban J connectivity index is 3.19. The first-order valence-corrected chi connectivity index (χ1v) is 5.61. The molecule has 1 aromatic rings. The van der Waals surface area contributed by atoms with E-state index in [9.17, 15) is 5.11 Å². The van der Waals surface area contributed by atoms with E-state index in [-0.39, 0.29) is 11.8 Å². The van der Waals surface area contributed by atoms with Gasteiger partial charge in [0, 0.05) is 6.04 Å². The van der Waals surface area contributed by atoms with E-state index in [0.717, 1.165) is 11.1 Å². The molecule has 3 nitrogen and oxygen atoms in total. The molecular formula is C13H21NO2. The Morgan fingerprint density at radius 3 is 2.38 bits per heavy atom. The molecule has 1 unspecified atom stereocenters. The largest absolute Gasteiger partial charge is 0.504 e. The molecule has 1 atom stereocenters. The quantitative estimate of drug-likeness (QED) is 0.824. The molecule has 0 amide bonds. The van der Waals surface area contributed by atoms with Crippen LogP contribution in [-0.2, 0) is 6.42 Å². The maximum Gasteiger partial charge on any atom is 0.161 e. The number of aromatic hydroxyl groups is 1. The predicted octanol–water partition coefficient (Wildman–Crippen LogP) is 2.41. The van der Waals surface area contributed by atoms with Gasteiger partial charge in [-0.25, -0.2) is 0 Å². The van der Waals surface area contributed by atoms with Gasteiger partial charge in [-0.15, -0.1) is 0 Å². The first-order valence-electron chi connectivity index (χ1n) is 5.61. The summed E-state index contributed by atoms with van der Waals surface area (Å²) in [5, 5.41) is 9.96. The third-order valence-electron chi connectivity index (χ3n) is 2.60. The van der Waals surface area contributed by atoms with E-state index in [1.54, 1.807) is 7.11 Å². The van der Waals surface area contributed by atoms with E-state index in [2.05, 4.69) is 13.8 Å². The number of hydrogen-bond acceptors (Lipinski definition) is 3. The molecule has 0 heterocycles. The summed E-state index contributed by atoms with van der Waals surface area (Å²) in [6, 6.07) is 3.91. The van der Waals surface area contributed by atoms with Gasteiger partial charge in [0.2, 0.25) is 0 Å². The highest BCUT2D eigenvalue weighted by Crippen LogP contribution is 2.34. The summed E-state index contributed by atoms with van der Waals surface area (Å²) in [5.74, 6) is 1.15. The number of nitrogens with two attached hydrogens (primary N) is 1. The first kappa shape index (κ1) is 12.8. The van der Waals surface area contributed by atoms with E-state index < -0.39 is 0 Å². The lowest BCUT2D eigenvalue weighted by Crippen LogP contribution is -2.18. The number of rotatable bonds is 4. The number of methoxy groups -OCH3 is 1. The van der Waals surface area contributed by atoms with E-state index in [1.807, 2.05) is 19.1 Å². The van der Waals surface area contributed by atoms with Crippen molar-refractivity contribution in [2.75, 3.05) is 7.11 Å². The van der Waals surface area contributed by atoms with Crippen LogP contribution in [-0.4, -0.2) is 18.3 Å². The summed E-state index contributed by atoms with van der Waals surface area (Å²) >= 11 is 0. The monoisotopic (exact) mass is 223 g/mol. The van der Waals surface area contributed by atoms with Gasteiger partial charge in [0.1, 0.15) is 0 Å². The lowest BCUT2D eigenvalue weighted by Gasteiger charge is -2.15. The lowest BCUT2D eigenvalue weighted by molar-refractivity contribution is 0.369. The second-order valence-corrected chi connectivity index (χ2v) is 4.57. The molecule has 3 N–H and O–H groups in total. The lowest BCUT2D eigenvalue weighted by atomic mass is 9.97. The molecular weight excluding hydrogens is 202 g/mol. The number of ether oxygens (including phenoxy) is 1. The van der Waals surface area contributed by atoms with E-state index in [4.69, 9.17) is 10.5 Å². The Kier molecular flexibility index (Phi) is 4.19. The Labute approximate surface area is 97.2 Å². The number of hydrogen-bond donors (Lipinski definition) is 2. The maximum absolute atomic E-state index is 9.96. The fourth-order valence-corrected chi connectivity index (χ4v) is 1.68. The van der Waals surface area contributed by atoms with Crippen LogP contribution >= 0.6 is 0 Å². The van der Waals surface area contributed by atoms with Gasteiger partial charge in [-0.2, -0.15) is 0 Å². The highest BCUT2D eigenvalue weighted by molar-refractivity contribution is 5.49. The van der Waals surface area contributed by atoms with Gasteiger partial charge in [0.15, 0.2) is 11.5 Å². The smallest absolute Gasteiger partial charge is 0.161 e. The standard InChI is InChI=1S/C13H21NO2/c1-8(2)10-6-11(5-9(3)14)13(15)12(7-10)16-4/h6-9,15H,5,14H2,1-4H3. The Morgan fingerprint density at radius 2 is 1.94 bits per heavy atom. The Bertz CT molecular complexity index is 359. The molecule has 0 aliphatic rings. The minimum atomic E-state index is 0.0259. The topological polar surface area (TPSA) is 55.5 Å². The van der Waals surface area contributed by atoms with Crippen LogP contribution in [0.2, 0.25) is 0 Å². The molecule has 1 rings (SSSR count). The SMILES string of the molecule is COc1cc(C(C)C)cc(CC(C)N)c1O. The van der Waals surface area contributed by atoms with Gasteiger partial charge in [-0.3, -0.25) is 0 Å². The van der Waals surface area contributed by atoms with Gasteiger partial charge in [0.25, 0.3) is 0 Å². The molecule has 0 aliphatic carbocycles. The second kappa shape index (κ2) is 5.21. The molecule has 90 valence electrons. The first-order chi connectivity index (χ1) is 7.45. The van der Waals surface area contributed by atoms with Gasteiger partial charge in [-0.05, 0) is 36.5 Å². The number of phenolic OH excluding ortho intramolecular Hbond substituents is 1. The molecule has 0 radical (unpaired) electrons. The Morgan fingerprint density at radius 1 is 1.31 bits per heavy atom. The van der Waals surface area contributed by atoms with Crippen molar-refractivity contribution in [3.05, 3.63) is 23.3 Å². The molecule has 0 fully saturated rings. The van der Waals surface area contributed by atoms with Crippen molar-refractivity contribution in [3.8, 4) is 11.5 Å². The highest BCUT2D eigenvalue weighted by atomic mass is 16.5. The molecule has 0 saturated heterocycles. The van der Waals surface area contributed by atoms with Crippen LogP contribution < -0.4 is 10.5 Å². The average molecular weight is 223 g/mol. The summed E-state index contributed by atoms with van der Waals surface area (Å²) in [6.07, 6.45) is 0.656. The third kappa shape index (κ3) is 2.89. The van der Waals surface area contributed by atoms with Gasteiger partial charge in [0.05, 0.1) is 7.11 Å². The van der Waals surface area contributed by atoms with Crippen molar-refractivity contribution in [3.63, 3.8) is 0 Å². The van der Waals surface area contributed by atoms with Crippen molar-refractivity contribution in [1.82, 2.24) is 0 Å².